The predicted octanol–water partition coefficient (Wildman–Crippen LogP) is 3.83. The lowest BCUT2D eigenvalue weighted by atomic mass is 9.87. The fourth-order valence-corrected chi connectivity index (χ4v) is 2.21. The summed E-state index contributed by atoms with van der Waals surface area (Å²) in [7, 11) is 0. The number of carboxylic acid groups (broad SMARTS) is 1. The summed E-state index contributed by atoms with van der Waals surface area (Å²) in [6, 6.07) is 10.2. The molecule has 0 fully saturated rings. The second-order valence-electron chi connectivity index (χ2n) is 6.00. The number of rotatable bonds is 7. The maximum absolute atomic E-state index is 11.0. The minimum atomic E-state index is -0.729. The summed E-state index contributed by atoms with van der Waals surface area (Å²) in [5.41, 5.74) is 1.64. The Hall–Kier alpha value is -2.10. The Morgan fingerprint density at radius 2 is 1.90 bits per heavy atom. The molecule has 0 aliphatic carbocycles. The molecule has 0 saturated carbocycles. The van der Waals surface area contributed by atoms with Crippen LogP contribution in [0.1, 0.15) is 33.1 Å². The van der Waals surface area contributed by atoms with Gasteiger partial charge >= 0.3 is 5.97 Å². The van der Waals surface area contributed by atoms with Crippen LogP contribution in [-0.2, 0) is 11.3 Å². The number of carboxylic acids is 1. The molecule has 0 aliphatic rings. The monoisotopic (exact) mass is 286 g/mol. The van der Waals surface area contributed by atoms with Crippen LogP contribution in [0.25, 0.3) is 11.1 Å². The van der Waals surface area contributed by atoms with E-state index >= 15 is 0 Å². The van der Waals surface area contributed by atoms with Crippen molar-refractivity contribution in [1.29, 1.82) is 0 Å². The average molecular weight is 286 g/mol. The van der Waals surface area contributed by atoms with Crippen LogP contribution in [0.5, 0.6) is 0 Å². The molecule has 1 aromatic carbocycles. The Bertz CT molecular complexity index is 588. The minimum absolute atomic E-state index is 0.640. The lowest BCUT2D eigenvalue weighted by molar-refractivity contribution is -0.147. The van der Waals surface area contributed by atoms with Crippen molar-refractivity contribution >= 4 is 5.97 Å². The van der Waals surface area contributed by atoms with Crippen molar-refractivity contribution < 1.29 is 9.90 Å². The maximum atomic E-state index is 11.0. The van der Waals surface area contributed by atoms with Crippen LogP contribution >= 0.6 is 0 Å². The summed E-state index contributed by atoms with van der Waals surface area (Å²) < 4.78 is 1.93. The molecule has 2 rings (SSSR count). The summed E-state index contributed by atoms with van der Waals surface area (Å²) in [4.78, 5) is 11.0. The highest BCUT2D eigenvalue weighted by molar-refractivity contribution is 5.73. The normalized spacial score (nSPS) is 11.5. The Kier molecular flexibility index (Phi) is 4.78. The molecule has 1 aromatic heterocycles. The number of hydrogen-bond acceptors (Lipinski definition) is 2. The molecular weight excluding hydrogens is 264 g/mol. The first-order chi connectivity index (χ1) is 9.99. The van der Waals surface area contributed by atoms with Crippen molar-refractivity contribution in [1.82, 2.24) is 9.78 Å². The summed E-state index contributed by atoms with van der Waals surface area (Å²) in [5, 5.41) is 13.4. The first-order valence-corrected chi connectivity index (χ1v) is 7.30. The smallest absolute Gasteiger partial charge is 0.309 e. The van der Waals surface area contributed by atoms with E-state index in [0.29, 0.717) is 6.42 Å². The standard InChI is InChI=1S/C17H22N2O2/c1-17(2,16(20)21)10-6-7-11-19-13-15(12-18-19)14-8-4-3-5-9-14/h3-5,8-9,12-13H,6-7,10-11H2,1-2H3,(H,20,21). The van der Waals surface area contributed by atoms with Gasteiger partial charge in [-0.2, -0.15) is 5.10 Å². The molecular formula is C17H22N2O2. The van der Waals surface area contributed by atoms with Crippen molar-refractivity contribution in [2.75, 3.05) is 0 Å². The molecule has 4 nitrogen and oxygen atoms in total. The van der Waals surface area contributed by atoms with E-state index in [2.05, 4.69) is 17.2 Å². The summed E-state index contributed by atoms with van der Waals surface area (Å²) in [6.45, 7) is 4.37. The molecule has 0 atom stereocenters. The van der Waals surface area contributed by atoms with Crippen molar-refractivity contribution in [3.8, 4) is 11.1 Å². The number of aromatic nitrogens is 2. The Balaban J connectivity index is 1.83. The second kappa shape index (κ2) is 6.57. The number of aliphatic carboxylic acids is 1. The van der Waals surface area contributed by atoms with E-state index < -0.39 is 11.4 Å². The number of nitrogens with zero attached hydrogens (tertiary/aromatic N) is 2. The zero-order valence-electron chi connectivity index (χ0n) is 12.6. The number of hydrogen-bond donors (Lipinski definition) is 1. The van der Waals surface area contributed by atoms with E-state index in [9.17, 15) is 4.79 Å². The van der Waals surface area contributed by atoms with Crippen molar-refractivity contribution in [2.24, 2.45) is 5.41 Å². The fourth-order valence-electron chi connectivity index (χ4n) is 2.21. The Morgan fingerprint density at radius 3 is 2.57 bits per heavy atom. The van der Waals surface area contributed by atoms with E-state index in [-0.39, 0.29) is 0 Å². The van der Waals surface area contributed by atoms with E-state index in [1.165, 1.54) is 0 Å². The Morgan fingerprint density at radius 1 is 1.19 bits per heavy atom. The van der Waals surface area contributed by atoms with E-state index in [0.717, 1.165) is 30.5 Å². The van der Waals surface area contributed by atoms with Gasteiger partial charge in [-0.25, -0.2) is 0 Å². The van der Waals surface area contributed by atoms with E-state index in [4.69, 9.17) is 5.11 Å². The van der Waals surface area contributed by atoms with E-state index in [1.54, 1.807) is 13.8 Å². The topological polar surface area (TPSA) is 55.1 Å². The van der Waals surface area contributed by atoms with Crippen molar-refractivity contribution in [3.63, 3.8) is 0 Å². The quantitative estimate of drug-likeness (QED) is 0.787. The average Bonchev–Trinajstić information content (AvgIpc) is 2.93. The van der Waals surface area contributed by atoms with Gasteiger partial charge in [0.2, 0.25) is 0 Å². The second-order valence-corrected chi connectivity index (χ2v) is 6.00. The summed E-state index contributed by atoms with van der Waals surface area (Å²) in [6.07, 6.45) is 6.43. The third kappa shape index (κ3) is 4.18. The van der Waals surface area contributed by atoms with Gasteiger partial charge in [0.15, 0.2) is 0 Å². The van der Waals surface area contributed by atoms with Gasteiger partial charge in [-0.3, -0.25) is 9.48 Å². The third-order valence-electron chi connectivity index (χ3n) is 3.76. The van der Waals surface area contributed by atoms with Crippen molar-refractivity contribution in [3.05, 3.63) is 42.7 Å². The molecule has 0 radical (unpaired) electrons. The molecule has 0 amide bonds. The highest BCUT2D eigenvalue weighted by atomic mass is 16.4. The lowest BCUT2D eigenvalue weighted by Crippen LogP contribution is -2.23. The van der Waals surface area contributed by atoms with Gasteiger partial charge in [-0.1, -0.05) is 36.8 Å². The van der Waals surface area contributed by atoms with Gasteiger partial charge in [0.05, 0.1) is 11.6 Å². The van der Waals surface area contributed by atoms with Gasteiger partial charge in [-0.15, -0.1) is 0 Å². The molecule has 0 saturated heterocycles. The van der Waals surface area contributed by atoms with Crippen LogP contribution in [-0.4, -0.2) is 20.9 Å². The molecule has 0 bridgehead atoms. The lowest BCUT2D eigenvalue weighted by Gasteiger charge is -2.18. The highest BCUT2D eigenvalue weighted by Gasteiger charge is 2.25. The molecule has 1 N–H and O–H groups in total. The van der Waals surface area contributed by atoms with Crippen LogP contribution in [0, 0.1) is 5.41 Å². The van der Waals surface area contributed by atoms with Crippen LogP contribution < -0.4 is 0 Å². The van der Waals surface area contributed by atoms with Crippen LogP contribution in [0.2, 0.25) is 0 Å². The highest BCUT2D eigenvalue weighted by Crippen LogP contribution is 2.23. The molecule has 112 valence electrons. The zero-order chi connectivity index (χ0) is 15.3. The molecule has 0 aliphatic heterocycles. The first-order valence-electron chi connectivity index (χ1n) is 7.30. The molecule has 1 heterocycles. The largest absolute Gasteiger partial charge is 0.481 e. The molecule has 2 aromatic rings. The number of benzene rings is 1. The molecule has 4 heteroatoms. The number of unbranched alkanes of at least 4 members (excludes halogenated alkanes) is 1. The molecule has 0 spiro atoms. The van der Waals surface area contributed by atoms with Gasteiger partial charge < -0.3 is 5.11 Å². The predicted molar refractivity (Wildman–Crippen MR) is 82.9 cm³/mol. The third-order valence-corrected chi connectivity index (χ3v) is 3.76. The minimum Gasteiger partial charge on any atom is -0.481 e. The van der Waals surface area contributed by atoms with Gasteiger partial charge in [0, 0.05) is 18.3 Å². The van der Waals surface area contributed by atoms with Crippen LogP contribution in [0.15, 0.2) is 42.7 Å². The summed E-state index contributed by atoms with van der Waals surface area (Å²) >= 11 is 0. The number of aryl methyl sites for hydroxylation is 1. The number of carbonyl (C=O) groups is 1. The molecule has 21 heavy (non-hydrogen) atoms. The molecule has 0 unspecified atom stereocenters. The maximum Gasteiger partial charge on any atom is 0.309 e. The summed E-state index contributed by atoms with van der Waals surface area (Å²) in [5.74, 6) is -0.729. The van der Waals surface area contributed by atoms with Gasteiger partial charge in [0.25, 0.3) is 0 Å². The van der Waals surface area contributed by atoms with Gasteiger partial charge in [0.1, 0.15) is 0 Å². The van der Waals surface area contributed by atoms with Gasteiger partial charge in [-0.05, 0) is 32.3 Å². The first kappa shape index (κ1) is 15.3. The van der Waals surface area contributed by atoms with Crippen molar-refractivity contribution in [2.45, 2.75) is 39.7 Å². The SMILES string of the molecule is CC(C)(CCCCn1cc(-c2ccccc2)cn1)C(=O)O. The zero-order valence-corrected chi connectivity index (χ0v) is 12.6. The fraction of sp³-hybridized carbons (Fsp3) is 0.412. The van der Waals surface area contributed by atoms with E-state index in [1.807, 2.05) is 35.3 Å². The Labute approximate surface area is 125 Å². The van der Waals surface area contributed by atoms with Crippen LogP contribution in [0.4, 0.5) is 0 Å². The van der Waals surface area contributed by atoms with Crippen LogP contribution in [0.3, 0.4) is 0 Å².